The summed E-state index contributed by atoms with van der Waals surface area (Å²) >= 11 is 0. The van der Waals surface area contributed by atoms with E-state index in [0.29, 0.717) is 5.54 Å². The highest BCUT2D eigenvalue weighted by atomic mass is 35.5. The van der Waals surface area contributed by atoms with Crippen LogP contribution in [-0.2, 0) is 0 Å². The lowest BCUT2D eigenvalue weighted by Crippen LogP contribution is -2.39. The molecule has 0 aliphatic carbocycles. The molecule has 0 heterocycles. The Morgan fingerprint density at radius 2 is 1.16 bits per heavy atom. The third kappa shape index (κ3) is 16.2. The summed E-state index contributed by atoms with van der Waals surface area (Å²) in [6.07, 6.45) is 15.4. The molecule has 0 fully saturated rings. The predicted octanol–water partition coefficient (Wildman–Crippen LogP) is 6.11. The van der Waals surface area contributed by atoms with Crippen LogP contribution >= 0.6 is 12.4 Å². The van der Waals surface area contributed by atoms with Gasteiger partial charge in [-0.05, 0) is 33.2 Å². The molecular formula is C17H38ClN. The van der Waals surface area contributed by atoms with E-state index in [9.17, 15) is 0 Å². The van der Waals surface area contributed by atoms with Gasteiger partial charge in [0.15, 0.2) is 0 Å². The summed E-state index contributed by atoms with van der Waals surface area (Å²) in [5.74, 6) is 0. The first-order valence-electron chi connectivity index (χ1n) is 8.37. The summed E-state index contributed by atoms with van der Waals surface area (Å²) in [5.41, 5.74) is 0.344. The third-order valence-electron chi connectivity index (χ3n) is 3.76. The van der Waals surface area contributed by atoms with Crippen molar-refractivity contribution >= 4 is 12.4 Å². The summed E-state index contributed by atoms with van der Waals surface area (Å²) < 4.78 is 0. The van der Waals surface area contributed by atoms with Gasteiger partial charge in [0.25, 0.3) is 0 Å². The smallest absolute Gasteiger partial charge is 0.0125 e. The number of rotatable bonds is 13. The molecule has 0 aliphatic rings. The van der Waals surface area contributed by atoms with E-state index in [0.717, 1.165) is 6.54 Å². The van der Waals surface area contributed by atoms with Crippen LogP contribution in [0.4, 0.5) is 0 Å². The fraction of sp³-hybridized carbons (Fsp3) is 1.00. The normalized spacial score (nSPS) is 11.4. The van der Waals surface area contributed by atoms with Gasteiger partial charge in [-0.3, -0.25) is 0 Å². The predicted molar refractivity (Wildman–Crippen MR) is 91.5 cm³/mol. The average molecular weight is 292 g/mol. The topological polar surface area (TPSA) is 12.0 Å². The van der Waals surface area contributed by atoms with E-state index >= 15 is 0 Å². The molecule has 0 saturated carbocycles. The van der Waals surface area contributed by atoms with Crippen molar-refractivity contribution in [3.8, 4) is 0 Å². The van der Waals surface area contributed by atoms with E-state index in [1.807, 2.05) is 0 Å². The lowest BCUT2D eigenvalue weighted by molar-refractivity contribution is 0.347. The highest BCUT2D eigenvalue weighted by Gasteiger charge is 2.14. The molecule has 0 radical (unpaired) electrons. The second-order valence-corrected chi connectivity index (χ2v) is 6.39. The molecule has 0 aliphatic heterocycles. The summed E-state index contributed by atoms with van der Waals surface area (Å²) in [6.45, 7) is 10.4. The van der Waals surface area contributed by atoms with Crippen molar-refractivity contribution in [3.63, 3.8) is 0 Å². The molecule has 19 heavy (non-hydrogen) atoms. The van der Waals surface area contributed by atoms with Crippen molar-refractivity contribution in [2.45, 2.75) is 104 Å². The maximum absolute atomic E-state index is 3.63. The minimum absolute atomic E-state index is 0. The zero-order valence-electron chi connectivity index (χ0n) is 13.9. The van der Waals surface area contributed by atoms with Crippen LogP contribution in [0.15, 0.2) is 0 Å². The first-order valence-corrected chi connectivity index (χ1v) is 8.37. The number of halogens is 1. The van der Waals surface area contributed by atoms with Gasteiger partial charge in [-0.25, -0.2) is 0 Å². The molecule has 1 N–H and O–H groups in total. The first kappa shape index (κ1) is 21.5. The van der Waals surface area contributed by atoms with E-state index in [1.54, 1.807) is 0 Å². The second kappa shape index (κ2) is 14.7. The quantitative estimate of drug-likeness (QED) is 0.404. The highest BCUT2D eigenvalue weighted by molar-refractivity contribution is 5.85. The van der Waals surface area contributed by atoms with Gasteiger partial charge in [0, 0.05) is 5.54 Å². The maximum Gasteiger partial charge on any atom is 0.0125 e. The largest absolute Gasteiger partial charge is 0.312 e. The second-order valence-electron chi connectivity index (χ2n) is 6.39. The molecular weight excluding hydrogens is 254 g/mol. The van der Waals surface area contributed by atoms with Crippen molar-refractivity contribution in [1.82, 2.24) is 5.32 Å². The summed E-state index contributed by atoms with van der Waals surface area (Å²) in [5, 5.41) is 3.63. The molecule has 2 heteroatoms. The van der Waals surface area contributed by atoms with Crippen LogP contribution in [0.1, 0.15) is 98.3 Å². The van der Waals surface area contributed by atoms with Crippen molar-refractivity contribution in [2.75, 3.05) is 6.54 Å². The van der Waals surface area contributed by atoms with E-state index in [2.05, 4.69) is 33.0 Å². The van der Waals surface area contributed by atoms with Gasteiger partial charge < -0.3 is 5.32 Å². The lowest BCUT2D eigenvalue weighted by Gasteiger charge is -2.26. The van der Waals surface area contributed by atoms with Crippen LogP contribution in [-0.4, -0.2) is 12.1 Å². The molecule has 0 aromatic carbocycles. The van der Waals surface area contributed by atoms with Gasteiger partial charge >= 0.3 is 0 Å². The SMILES string of the molecule is CCCCCCCCCCCC(C)(C)NCCC.Cl. The molecule has 1 nitrogen and oxygen atoms in total. The van der Waals surface area contributed by atoms with Crippen LogP contribution in [0.5, 0.6) is 0 Å². The van der Waals surface area contributed by atoms with Crippen LogP contribution < -0.4 is 5.32 Å². The molecule has 0 saturated heterocycles. The standard InChI is InChI=1S/C17H37N.ClH/c1-5-7-8-9-10-11-12-13-14-15-17(3,4)18-16-6-2;/h18H,5-16H2,1-4H3;1H. The Hall–Kier alpha value is 0.250. The van der Waals surface area contributed by atoms with Crippen molar-refractivity contribution in [2.24, 2.45) is 0 Å². The molecule has 118 valence electrons. The van der Waals surface area contributed by atoms with E-state index in [4.69, 9.17) is 0 Å². The molecule has 0 unspecified atom stereocenters. The number of unbranched alkanes of at least 4 members (excludes halogenated alkanes) is 8. The minimum atomic E-state index is 0. The van der Waals surface area contributed by atoms with Crippen LogP contribution in [0.25, 0.3) is 0 Å². The molecule has 0 atom stereocenters. The van der Waals surface area contributed by atoms with Crippen molar-refractivity contribution < 1.29 is 0 Å². The zero-order chi connectivity index (χ0) is 13.7. The maximum atomic E-state index is 3.63. The number of hydrogen-bond donors (Lipinski definition) is 1. The van der Waals surface area contributed by atoms with Crippen LogP contribution in [0.2, 0.25) is 0 Å². The van der Waals surface area contributed by atoms with E-state index in [1.165, 1.54) is 70.6 Å². The Kier molecular flexibility index (Phi) is 16.6. The van der Waals surface area contributed by atoms with Gasteiger partial charge in [0.1, 0.15) is 0 Å². The fourth-order valence-electron chi connectivity index (χ4n) is 2.43. The third-order valence-corrected chi connectivity index (χ3v) is 3.76. The molecule has 0 spiro atoms. The Balaban J connectivity index is 0. The van der Waals surface area contributed by atoms with Gasteiger partial charge in [-0.1, -0.05) is 71.6 Å². The zero-order valence-corrected chi connectivity index (χ0v) is 14.7. The van der Waals surface area contributed by atoms with Crippen LogP contribution in [0.3, 0.4) is 0 Å². The lowest BCUT2D eigenvalue weighted by atomic mass is 9.96. The minimum Gasteiger partial charge on any atom is -0.312 e. The Morgan fingerprint density at radius 1 is 0.684 bits per heavy atom. The highest BCUT2D eigenvalue weighted by Crippen LogP contribution is 2.16. The van der Waals surface area contributed by atoms with Gasteiger partial charge in [-0.15, -0.1) is 12.4 Å². The molecule has 0 bridgehead atoms. The fourth-order valence-corrected chi connectivity index (χ4v) is 2.43. The number of hydrogen-bond acceptors (Lipinski definition) is 1. The van der Waals surface area contributed by atoms with Gasteiger partial charge in [-0.2, -0.15) is 0 Å². The van der Waals surface area contributed by atoms with E-state index in [-0.39, 0.29) is 12.4 Å². The molecule has 0 aromatic rings. The average Bonchev–Trinajstić information content (AvgIpc) is 2.34. The van der Waals surface area contributed by atoms with Crippen molar-refractivity contribution in [1.29, 1.82) is 0 Å². The van der Waals surface area contributed by atoms with Crippen LogP contribution in [0, 0.1) is 0 Å². The summed E-state index contributed by atoms with van der Waals surface area (Å²) in [6, 6.07) is 0. The van der Waals surface area contributed by atoms with E-state index < -0.39 is 0 Å². The molecule has 0 amide bonds. The summed E-state index contributed by atoms with van der Waals surface area (Å²) in [7, 11) is 0. The Morgan fingerprint density at radius 3 is 1.63 bits per heavy atom. The summed E-state index contributed by atoms with van der Waals surface area (Å²) in [4.78, 5) is 0. The van der Waals surface area contributed by atoms with Gasteiger partial charge in [0.05, 0.1) is 0 Å². The molecule has 0 rings (SSSR count). The molecule has 0 aromatic heterocycles. The van der Waals surface area contributed by atoms with Crippen molar-refractivity contribution in [3.05, 3.63) is 0 Å². The first-order chi connectivity index (χ1) is 8.62. The monoisotopic (exact) mass is 291 g/mol. The number of nitrogens with one attached hydrogen (secondary N) is 1. The van der Waals surface area contributed by atoms with Gasteiger partial charge in [0.2, 0.25) is 0 Å². The Labute approximate surface area is 128 Å². The Bertz CT molecular complexity index is 169.